The van der Waals surface area contributed by atoms with Gasteiger partial charge in [-0.05, 0) is 57.0 Å². The van der Waals surface area contributed by atoms with E-state index >= 15 is 0 Å². The Balaban J connectivity index is 1.50. The summed E-state index contributed by atoms with van der Waals surface area (Å²) in [6.07, 6.45) is -1.82. The highest BCUT2D eigenvalue weighted by Gasteiger charge is 2.48. The number of nitrogens with one attached hydrogen (secondary N) is 2. The summed E-state index contributed by atoms with van der Waals surface area (Å²) in [5, 5.41) is 39.2. The Labute approximate surface area is 218 Å². The first-order chi connectivity index (χ1) is 17.6. The van der Waals surface area contributed by atoms with Crippen LogP contribution in [0.3, 0.4) is 0 Å². The van der Waals surface area contributed by atoms with E-state index in [4.69, 9.17) is 9.97 Å². The van der Waals surface area contributed by atoms with Crippen molar-refractivity contribution in [3.05, 3.63) is 65.6 Å². The number of rotatable bonds is 7. The number of aryl methyl sites for hydroxylation is 1. The molecule has 37 heavy (non-hydrogen) atoms. The van der Waals surface area contributed by atoms with Gasteiger partial charge in [0.15, 0.2) is 0 Å². The molecule has 0 bridgehead atoms. The monoisotopic (exact) mass is 523 g/mol. The molecule has 4 aromatic rings. The highest BCUT2D eigenvalue weighted by molar-refractivity contribution is 7.21. The molecule has 0 saturated heterocycles. The van der Waals surface area contributed by atoms with Gasteiger partial charge >= 0.3 is 0 Å². The van der Waals surface area contributed by atoms with Gasteiger partial charge in [0.1, 0.15) is 22.7 Å². The first-order valence-corrected chi connectivity index (χ1v) is 13.0. The Kier molecular flexibility index (Phi) is 6.84. The van der Waals surface area contributed by atoms with Gasteiger partial charge in [0.05, 0.1) is 39.2 Å². The van der Waals surface area contributed by atoms with Crippen LogP contribution in [0.25, 0.3) is 20.8 Å². The highest BCUT2D eigenvalue weighted by atomic mass is 32.1. The summed E-state index contributed by atoms with van der Waals surface area (Å²) in [5.74, 6) is 0.0242. The van der Waals surface area contributed by atoms with E-state index in [1.807, 2.05) is 31.2 Å². The van der Waals surface area contributed by atoms with Crippen molar-refractivity contribution in [1.82, 2.24) is 15.0 Å². The number of aliphatic hydroxyl groups is 3. The Morgan fingerprint density at radius 2 is 1.76 bits per heavy atom. The van der Waals surface area contributed by atoms with E-state index in [9.17, 15) is 19.7 Å². The maximum absolute atomic E-state index is 13.3. The summed E-state index contributed by atoms with van der Waals surface area (Å²) in [5.41, 5.74) is 1.97. The van der Waals surface area contributed by atoms with Crippen molar-refractivity contribution in [3.63, 3.8) is 0 Å². The fourth-order valence-corrected chi connectivity index (χ4v) is 5.89. The predicted octanol–water partition coefficient (Wildman–Crippen LogP) is 4.11. The predicted molar refractivity (Wildman–Crippen MR) is 143 cm³/mol. The Morgan fingerprint density at radius 3 is 2.43 bits per heavy atom. The van der Waals surface area contributed by atoms with Gasteiger partial charge in [0, 0.05) is 12.5 Å². The van der Waals surface area contributed by atoms with E-state index < -0.39 is 29.8 Å². The van der Waals surface area contributed by atoms with E-state index in [0.29, 0.717) is 36.0 Å². The third-order valence-corrected chi connectivity index (χ3v) is 7.93. The SMILES string of the molecule is Cc1nc(NCc2ccc(F)cc2)nc(NC2CC(C(C)(C)O)C(O)C2O)c1-c1nc2ccccc2s1. The first-order valence-electron chi connectivity index (χ1n) is 12.2. The fraction of sp³-hybridized carbons (Fsp3) is 0.370. The lowest BCUT2D eigenvalue weighted by Crippen LogP contribution is -2.40. The van der Waals surface area contributed by atoms with Gasteiger partial charge < -0.3 is 26.0 Å². The molecule has 0 aliphatic heterocycles. The Hall–Kier alpha value is -3.18. The zero-order valence-electron chi connectivity index (χ0n) is 20.8. The summed E-state index contributed by atoms with van der Waals surface area (Å²) < 4.78 is 14.3. The standard InChI is InChI=1S/C27H30FN5O3S/c1-14-21(25-32-18-6-4-5-7-20(18)37-25)24(31-19-12-17(27(2,3)36)22(34)23(19)35)33-26(30-14)29-13-15-8-10-16(28)11-9-15/h4-11,17,19,22-23,34-36H,12-13H2,1-3H3,(H2,29,30,31,33). The molecule has 8 nitrogen and oxygen atoms in total. The number of fused-ring (bicyclic) bond motifs is 1. The van der Waals surface area contributed by atoms with Crippen molar-refractivity contribution in [2.75, 3.05) is 10.6 Å². The number of benzene rings is 2. The molecule has 1 saturated carbocycles. The normalized spacial score (nSPS) is 21.9. The third-order valence-electron chi connectivity index (χ3n) is 6.87. The lowest BCUT2D eigenvalue weighted by molar-refractivity contribution is -0.0601. The Morgan fingerprint density at radius 1 is 1.03 bits per heavy atom. The zero-order valence-corrected chi connectivity index (χ0v) is 21.6. The minimum Gasteiger partial charge on any atom is -0.390 e. The van der Waals surface area contributed by atoms with E-state index in [2.05, 4.69) is 15.6 Å². The lowest BCUT2D eigenvalue weighted by atomic mass is 9.88. The van der Waals surface area contributed by atoms with Gasteiger partial charge in [0.25, 0.3) is 0 Å². The maximum atomic E-state index is 13.3. The van der Waals surface area contributed by atoms with E-state index in [1.165, 1.54) is 23.5 Å². The van der Waals surface area contributed by atoms with Crippen LogP contribution >= 0.6 is 11.3 Å². The highest BCUT2D eigenvalue weighted by Crippen LogP contribution is 2.40. The molecule has 2 aromatic carbocycles. The average molecular weight is 524 g/mol. The molecule has 0 spiro atoms. The second-order valence-corrected chi connectivity index (χ2v) is 11.1. The number of para-hydroxylation sites is 1. The number of halogens is 1. The number of aliphatic hydroxyl groups excluding tert-OH is 2. The summed E-state index contributed by atoms with van der Waals surface area (Å²) in [7, 11) is 0. The molecule has 1 aliphatic rings. The van der Waals surface area contributed by atoms with E-state index in [-0.39, 0.29) is 5.82 Å². The summed E-state index contributed by atoms with van der Waals surface area (Å²) >= 11 is 1.52. The number of hydrogen-bond donors (Lipinski definition) is 5. The van der Waals surface area contributed by atoms with Crippen molar-refractivity contribution >= 4 is 33.3 Å². The van der Waals surface area contributed by atoms with Crippen molar-refractivity contribution < 1.29 is 19.7 Å². The molecule has 1 aliphatic carbocycles. The van der Waals surface area contributed by atoms with Crippen LogP contribution in [0, 0.1) is 18.7 Å². The van der Waals surface area contributed by atoms with Crippen LogP contribution in [0.1, 0.15) is 31.5 Å². The minimum atomic E-state index is -1.16. The van der Waals surface area contributed by atoms with Crippen molar-refractivity contribution in [2.45, 2.75) is 57.6 Å². The van der Waals surface area contributed by atoms with Crippen LogP contribution in [-0.2, 0) is 6.54 Å². The number of nitrogens with zero attached hydrogens (tertiary/aromatic N) is 3. The van der Waals surface area contributed by atoms with Crippen LogP contribution in [0.5, 0.6) is 0 Å². The molecule has 5 N–H and O–H groups in total. The van der Waals surface area contributed by atoms with Crippen LogP contribution in [0.4, 0.5) is 16.2 Å². The summed E-state index contributed by atoms with van der Waals surface area (Å²) in [4.78, 5) is 14.2. The zero-order chi connectivity index (χ0) is 26.3. The van der Waals surface area contributed by atoms with Gasteiger partial charge in [0.2, 0.25) is 5.95 Å². The fourth-order valence-electron chi connectivity index (χ4n) is 4.83. The molecular weight excluding hydrogens is 493 g/mol. The van der Waals surface area contributed by atoms with Gasteiger partial charge in [-0.3, -0.25) is 0 Å². The lowest BCUT2D eigenvalue weighted by Gasteiger charge is -2.28. The molecule has 4 atom stereocenters. The van der Waals surface area contributed by atoms with E-state index in [0.717, 1.165) is 20.8 Å². The van der Waals surface area contributed by atoms with Crippen molar-refractivity contribution in [3.8, 4) is 10.6 Å². The molecule has 0 radical (unpaired) electrons. The number of aromatic nitrogens is 3. The second-order valence-electron chi connectivity index (χ2n) is 10.1. The van der Waals surface area contributed by atoms with Gasteiger partial charge in [-0.1, -0.05) is 24.3 Å². The van der Waals surface area contributed by atoms with Crippen molar-refractivity contribution in [1.29, 1.82) is 0 Å². The van der Waals surface area contributed by atoms with Gasteiger partial charge in [-0.15, -0.1) is 11.3 Å². The molecule has 5 rings (SSSR count). The minimum absolute atomic E-state index is 0.302. The molecule has 1 fully saturated rings. The average Bonchev–Trinajstić information content (AvgIpc) is 3.39. The Bertz CT molecular complexity index is 1370. The molecule has 2 heterocycles. The molecule has 10 heteroatoms. The second kappa shape index (κ2) is 9.94. The molecule has 194 valence electrons. The number of hydrogen-bond acceptors (Lipinski definition) is 9. The van der Waals surface area contributed by atoms with Gasteiger partial charge in [-0.2, -0.15) is 4.98 Å². The number of anilines is 2. The molecule has 0 amide bonds. The molecule has 2 aromatic heterocycles. The first kappa shape index (κ1) is 25.5. The van der Waals surface area contributed by atoms with Crippen LogP contribution in [0.15, 0.2) is 48.5 Å². The smallest absolute Gasteiger partial charge is 0.225 e. The third kappa shape index (κ3) is 5.28. The van der Waals surface area contributed by atoms with E-state index in [1.54, 1.807) is 26.0 Å². The quantitative estimate of drug-likeness (QED) is 0.245. The largest absolute Gasteiger partial charge is 0.390 e. The maximum Gasteiger partial charge on any atom is 0.225 e. The molecule has 4 unspecified atom stereocenters. The number of thiazole rings is 1. The summed E-state index contributed by atoms with van der Waals surface area (Å²) in [6, 6.07) is 13.5. The molecular formula is C27H30FN5O3S. The summed E-state index contributed by atoms with van der Waals surface area (Å²) in [6.45, 7) is 5.53. The van der Waals surface area contributed by atoms with Gasteiger partial charge in [-0.25, -0.2) is 14.4 Å². The topological polar surface area (TPSA) is 123 Å². The van der Waals surface area contributed by atoms with Crippen LogP contribution < -0.4 is 10.6 Å². The van der Waals surface area contributed by atoms with Crippen molar-refractivity contribution in [2.24, 2.45) is 5.92 Å². The van der Waals surface area contributed by atoms with Crippen LogP contribution in [0.2, 0.25) is 0 Å². The van der Waals surface area contributed by atoms with Crippen LogP contribution in [-0.4, -0.2) is 54.1 Å².